The number of hydrogen-bond donors (Lipinski definition) is 1. The summed E-state index contributed by atoms with van der Waals surface area (Å²) in [5.41, 5.74) is 1.70. The molecule has 3 aromatic rings. The topological polar surface area (TPSA) is 38.0 Å². The van der Waals surface area contributed by atoms with E-state index in [4.69, 9.17) is 0 Å². The van der Waals surface area contributed by atoms with Crippen molar-refractivity contribution in [2.45, 2.75) is 13.5 Å². The first-order chi connectivity index (χ1) is 10.0. The van der Waals surface area contributed by atoms with Crippen LogP contribution in [0.3, 0.4) is 0 Å². The molecule has 0 amide bonds. The molecule has 0 fully saturated rings. The molecule has 0 unspecified atom stereocenters. The fourth-order valence-electron chi connectivity index (χ4n) is 2.37. The van der Waals surface area contributed by atoms with E-state index in [1.165, 1.54) is 6.07 Å². The monoisotopic (exact) mass is 508 g/mol. The highest BCUT2D eigenvalue weighted by Crippen LogP contribution is 2.36. The molecule has 0 atom stereocenters. The minimum absolute atomic E-state index is 0.182. The predicted octanol–water partition coefficient (Wildman–Crippen LogP) is 4.78. The summed E-state index contributed by atoms with van der Waals surface area (Å²) in [6.45, 7) is 2.63. The van der Waals surface area contributed by atoms with Crippen molar-refractivity contribution in [3.63, 3.8) is 0 Å². The Bertz CT molecular complexity index is 845. The Morgan fingerprint density at radius 2 is 2.05 bits per heavy atom. The van der Waals surface area contributed by atoms with Gasteiger partial charge in [-0.15, -0.1) is 0 Å². The largest absolute Gasteiger partial charge is 0.506 e. The highest BCUT2D eigenvalue weighted by molar-refractivity contribution is 14.1. The lowest BCUT2D eigenvalue weighted by molar-refractivity contribution is 0.472. The fraction of sp³-hybridized carbons (Fsp3) is 0.133. The van der Waals surface area contributed by atoms with Crippen LogP contribution in [0.15, 0.2) is 30.3 Å². The molecule has 1 aromatic heterocycles. The second-order valence-corrected chi connectivity index (χ2v) is 6.98. The molecule has 0 spiro atoms. The first-order valence-corrected chi connectivity index (χ1v) is 8.51. The van der Waals surface area contributed by atoms with Gasteiger partial charge in [0.25, 0.3) is 0 Å². The van der Waals surface area contributed by atoms with E-state index in [9.17, 15) is 9.50 Å². The number of rotatable bonds is 2. The second kappa shape index (κ2) is 5.71. The average Bonchev–Trinajstić information content (AvgIpc) is 2.82. The zero-order chi connectivity index (χ0) is 15.1. The van der Waals surface area contributed by atoms with Crippen molar-refractivity contribution in [2.24, 2.45) is 0 Å². The van der Waals surface area contributed by atoms with Crippen LogP contribution in [0.5, 0.6) is 5.75 Å². The van der Waals surface area contributed by atoms with E-state index >= 15 is 0 Å². The number of hydrogen-bond acceptors (Lipinski definition) is 2. The summed E-state index contributed by atoms with van der Waals surface area (Å²) in [5.74, 6) is 0.425. The van der Waals surface area contributed by atoms with Gasteiger partial charge < -0.3 is 9.67 Å². The smallest absolute Gasteiger partial charge is 0.151 e. The molecule has 21 heavy (non-hydrogen) atoms. The van der Waals surface area contributed by atoms with Gasteiger partial charge in [0.15, 0.2) is 5.82 Å². The molecule has 0 saturated carbocycles. The lowest BCUT2D eigenvalue weighted by atomic mass is 10.2. The molecule has 0 aliphatic rings. The maximum atomic E-state index is 13.9. The number of aryl methyl sites for hydroxylation is 1. The number of phenolic OH excluding ortho intramolecular Hbond substituents is 1. The summed E-state index contributed by atoms with van der Waals surface area (Å²) >= 11 is 4.28. The Morgan fingerprint density at radius 1 is 1.29 bits per heavy atom. The quantitative estimate of drug-likeness (QED) is 0.507. The van der Waals surface area contributed by atoms with Gasteiger partial charge in [-0.1, -0.05) is 6.07 Å². The Balaban J connectivity index is 2.38. The molecule has 1 heterocycles. The van der Waals surface area contributed by atoms with Crippen molar-refractivity contribution in [1.82, 2.24) is 9.55 Å². The summed E-state index contributed by atoms with van der Waals surface area (Å²) in [7, 11) is 0. The van der Waals surface area contributed by atoms with E-state index in [1.807, 2.05) is 29.7 Å². The summed E-state index contributed by atoms with van der Waals surface area (Å²) in [4.78, 5) is 4.42. The van der Waals surface area contributed by atoms with Crippen LogP contribution in [0.25, 0.3) is 22.4 Å². The van der Waals surface area contributed by atoms with Gasteiger partial charge in [0.2, 0.25) is 0 Å². The Hall–Kier alpha value is -0.900. The number of benzene rings is 2. The van der Waals surface area contributed by atoms with Gasteiger partial charge in [0.05, 0.1) is 14.7 Å². The van der Waals surface area contributed by atoms with Crippen molar-refractivity contribution in [1.29, 1.82) is 0 Å². The van der Waals surface area contributed by atoms with E-state index in [0.717, 1.165) is 12.7 Å². The predicted molar refractivity (Wildman–Crippen MR) is 97.9 cm³/mol. The molecular formula is C15H11FI2N2O. The molecule has 2 aromatic carbocycles. The highest BCUT2D eigenvalue weighted by Gasteiger charge is 2.18. The minimum atomic E-state index is -0.347. The molecule has 108 valence electrons. The molecule has 0 aliphatic carbocycles. The molecule has 1 N–H and O–H groups in total. The first-order valence-electron chi connectivity index (χ1n) is 6.36. The zero-order valence-corrected chi connectivity index (χ0v) is 15.4. The third kappa shape index (κ3) is 2.52. The minimum Gasteiger partial charge on any atom is -0.506 e. The van der Waals surface area contributed by atoms with Crippen LogP contribution in [0.4, 0.5) is 4.39 Å². The highest BCUT2D eigenvalue weighted by atomic mass is 127. The van der Waals surface area contributed by atoms with Crippen molar-refractivity contribution < 1.29 is 9.50 Å². The molecular weight excluding hydrogens is 497 g/mol. The standard InChI is InChI=1S/C15H11FI2N2O/c1-2-20-12-5-3-4-10(16)13(12)19-15(20)9-6-8(17)7-11(18)14(9)21/h3-7,21H,2H2,1H3. The molecule has 6 heteroatoms. The Kier molecular flexibility index (Phi) is 4.08. The van der Waals surface area contributed by atoms with Gasteiger partial charge in [0, 0.05) is 10.1 Å². The second-order valence-electron chi connectivity index (χ2n) is 4.57. The first kappa shape index (κ1) is 15.0. The SMILES string of the molecule is CCn1c(-c2cc(I)cc(I)c2O)nc2c(F)cccc21. The van der Waals surface area contributed by atoms with Crippen LogP contribution in [-0.2, 0) is 6.54 Å². The summed E-state index contributed by atoms with van der Waals surface area (Å²) in [6.07, 6.45) is 0. The van der Waals surface area contributed by atoms with Gasteiger partial charge >= 0.3 is 0 Å². The third-order valence-corrected chi connectivity index (χ3v) is 4.76. The van der Waals surface area contributed by atoms with Gasteiger partial charge in [0.1, 0.15) is 17.1 Å². The van der Waals surface area contributed by atoms with Gasteiger partial charge in [-0.05, 0) is 76.4 Å². The van der Waals surface area contributed by atoms with Gasteiger partial charge in [-0.2, -0.15) is 0 Å². The number of imidazole rings is 1. The number of halogens is 3. The third-order valence-electron chi connectivity index (χ3n) is 3.31. The lowest BCUT2D eigenvalue weighted by Crippen LogP contribution is -1.98. The van der Waals surface area contributed by atoms with Crippen LogP contribution in [0.2, 0.25) is 0 Å². The van der Waals surface area contributed by atoms with Crippen molar-refractivity contribution in [2.75, 3.05) is 0 Å². The normalized spacial score (nSPS) is 11.2. The van der Waals surface area contributed by atoms with Crippen LogP contribution in [0, 0.1) is 13.0 Å². The Labute approximate surface area is 148 Å². The zero-order valence-electron chi connectivity index (χ0n) is 11.1. The van der Waals surface area contributed by atoms with E-state index in [1.54, 1.807) is 6.07 Å². The van der Waals surface area contributed by atoms with Gasteiger partial charge in [-0.25, -0.2) is 9.37 Å². The fourth-order valence-corrected chi connectivity index (χ4v) is 4.22. The summed E-state index contributed by atoms with van der Waals surface area (Å²) in [6, 6.07) is 8.67. The van der Waals surface area contributed by atoms with Crippen LogP contribution in [0.1, 0.15) is 6.92 Å². The summed E-state index contributed by atoms with van der Waals surface area (Å²) in [5, 5.41) is 10.3. The molecule has 0 bridgehead atoms. The van der Waals surface area contributed by atoms with Crippen LogP contribution < -0.4 is 0 Å². The van der Waals surface area contributed by atoms with Crippen molar-refractivity contribution in [3.8, 4) is 17.1 Å². The van der Waals surface area contributed by atoms with Crippen molar-refractivity contribution >= 4 is 56.2 Å². The lowest BCUT2D eigenvalue weighted by Gasteiger charge is -2.09. The molecule has 0 saturated heterocycles. The average molecular weight is 508 g/mol. The summed E-state index contributed by atoms with van der Waals surface area (Å²) < 4.78 is 17.6. The van der Waals surface area contributed by atoms with E-state index in [0.29, 0.717) is 23.4 Å². The number of phenols is 1. The number of aromatic hydroxyl groups is 1. The molecule has 3 rings (SSSR count). The molecule has 0 radical (unpaired) electrons. The van der Waals surface area contributed by atoms with Gasteiger partial charge in [-0.3, -0.25) is 0 Å². The number of nitrogens with zero attached hydrogens (tertiary/aromatic N) is 2. The number of para-hydroxylation sites is 1. The van der Waals surface area contributed by atoms with Crippen molar-refractivity contribution in [3.05, 3.63) is 43.3 Å². The molecule has 0 aliphatic heterocycles. The van der Waals surface area contributed by atoms with E-state index < -0.39 is 0 Å². The van der Waals surface area contributed by atoms with E-state index in [2.05, 4.69) is 50.2 Å². The van der Waals surface area contributed by atoms with Crippen LogP contribution >= 0.6 is 45.2 Å². The number of fused-ring (bicyclic) bond motifs is 1. The van der Waals surface area contributed by atoms with Crippen LogP contribution in [-0.4, -0.2) is 14.7 Å². The molecule has 3 nitrogen and oxygen atoms in total. The maximum absolute atomic E-state index is 13.9. The van der Waals surface area contributed by atoms with E-state index in [-0.39, 0.29) is 11.6 Å². The maximum Gasteiger partial charge on any atom is 0.151 e. The Morgan fingerprint density at radius 3 is 2.76 bits per heavy atom. The number of aromatic nitrogens is 2.